The lowest BCUT2D eigenvalue weighted by Crippen LogP contribution is -2.18. The van der Waals surface area contributed by atoms with Crippen LogP contribution >= 0.6 is 0 Å². The van der Waals surface area contributed by atoms with Gasteiger partial charge in [-0.15, -0.1) is 0 Å². The van der Waals surface area contributed by atoms with Crippen LogP contribution in [0.5, 0.6) is 0 Å². The molecule has 1 aromatic rings. The van der Waals surface area contributed by atoms with Crippen LogP contribution in [0.4, 0.5) is 24.8 Å². The number of nitrogens with zero attached hydrogens (tertiary/aromatic N) is 1. The zero-order valence-electron chi connectivity index (χ0n) is 12.4. The van der Waals surface area contributed by atoms with E-state index in [-0.39, 0.29) is 17.7 Å². The molecule has 0 bridgehead atoms. The maximum atomic E-state index is 12.9. The van der Waals surface area contributed by atoms with Crippen molar-refractivity contribution in [1.29, 1.82) is 0 Å². The van der Waals surface area contributed by atoms with Gasteiger partial charge in [0.05, 0.1) is 5.56 Å². The smallest absolute Gasteiger partial charge is 0.370 e. The molecule has 1 unspecified atom stereocenters. The van der Waals surface area contributed by atoms with Crippen LogP contribution in [0.15, 0.2) is 12.1 Å². The van der Waals surface area contributed by atoms with Crippen LogP contribution in [0.1, 0.15) is 45.1 Å². The van der Waals surface area contributed by atoms with Crippen molar-refractivity contribution in [3.63, 3.8) is 0 Å². The second-order valence-electron chi connectivity index (χ2n) is 5.78. The molecule has 3 nitrogen and oxygen atoms in total. The molecule has 2 rings (SSSR count). The molecule has 0 aliphatic heterocycles. The quantitative estimate of drug-likeness (QED) is 0.777. The minimum Gasteiger partial charge on any atom is -0.370 e. The summed E-state index contributed by atoms with van der Waals surface area (Å²) < 4.78 is 38.8. The molecule has 21 heavy (non-hydrogen) atoms. The van der Waals surface area contributed by atoms with Crippen LogP contribution in [-0.2, 0) is 6.18 Å². The molecule has 1 aromatic heterocycles. The Bertz CT molecular complexity index is 470. The molecule has 118 valence electrons. The standard InChI is InChI=1S/C15H22F3N3/c1-3-6-19-13-8-12(15(16,17)18)9-14(21-13)20-10(2)7-11-4-5-11/h8-11H,3-7H2,1-2H3,(H2,19,20,21). The van der Waals surface area contributed by atoms with Crippen molar-refractivity contribution in [1.82, 2.24) is 4.98 Å². The van der Waals surface area contributed by atoms with Gasteiger partial charge in [0.25, 0.3) is 0 Å². The monoisotopic (exact) mass is 301 g/mol. The Labute approximate surface area is 123 Å². The van der Waals surface area contributed by atoms with E-state index >= 15 is 0 Å². The second kappa shape index (κ2) is 6.54. The molecule has 1 aliphatic rings. The molecule has 1 fully saturated rings. The summed E-state index contributed by atoms with van der Waals surface area (Å²) in [5.41, 5.74) is -0.669. The highest BCUT2D eigenvalue weighted by Crippen LogP contribution is 2.35. The van der Waals surface area contributed by atoms with Crippen LogP contribution in [0, 0.1) is 5.92 Å². The molecule has 1 heterocycles. The average Bonchev–Trinajstić information content (AvgIpc) is 3.18. The number of anilines is 2. The first-order chi connectivity index (χ1) is 9.88. The molecule has 6 heteroatoms. The van der Waals surface area contributed by atoms with Crippen molar-refractivity contribution in [3.05, 3.63) is 17.7 Å². The predicted octanol–water partition coefficient (Wildman–Crippen LogP) is 4.52. The van der Waals surface area contributed by atoms with Gasteiger partial charge in [-0.3, -0.25) is 0 Å². The van der Waals surface area contributed by atoms with E-state index in [9.17, 15) is 13.2 Å². The lowest BCUT2D eigenvalue weighted by Gasteiger charge is -2.17. The van der Waals surface area contributed by atoms with Gasteiger partial charge in [-0.2, -0.15) is 13.2 Å². The zero-order valence-corrected chi connectivity index (χ0v) is 12.4. The minimum absolute atomic E-state index is 0.132. The first kappa shape index (κ1) is 15.9. The maximum Gasteiger partial charge on any atom is 0.416 e. The van der Waals surface area contributed by atoms with Crippen LogP contribution in [0.25, 0.3) is 0 Å². The summed E-state index contributed by atoms with van der Waals surface area (Å²) in [5.74, 6) is 1.28. The van der Waals surface area contributed by atoms with Crippen LogP contribution in [0.2, 0.25) is 0 Å². The summed E-state index contributed by atoms with van der Waals surface area (Å²) in [4.78, 5) is 4.23. The fourth-order valence-electron chi connectivity index (χ4n) is 2.28. The second-order valence-corrected chi connectivity index (χ2v) is 5.78. The summed E-state index contributed by atoms with van der Waals surface area (Å²) in [7, 11) is 0. The number of nitrogens with one attached hydrogen (secondary N) is 2. The first-order valence-electron chi connectivity index (χ1n) is 7.48. The Morgan fingerprint density at radius 2 is 1.95 bits per heavy atom. The number of halogens is 3. The molecular formula is C15H22F3N3. The van der Waals surface area contributed by atoms with Gasteiger partial charge in [0.2, 0.25) is 0 Å². The third-order valence-electron chi connectivity index (χ3n) is 3.49. The fourth-order valence-corrected chi connectivity index (χ4v) is 2.28. The Morgan fingerprint density at radius 1 is 1.29 bits per heavy atom. The minimum atomic E-state index is -4.36. The molecule has 0 amide bonds. The predicted molar refractivity (Wildman–Crippen MR) is 78.4 cm³/mol. The van der Waals surface area contributed by atoms with E-state index in [1.807, 2.05) is 13.8 Å². The normalized spacial score (nSPS) is 16.6. The van der Waals surface area contributed by atoms with E-state index < -0.39 is 11.7 Å². The fraction of sp³-hybridized carbons (Fsp3) is 0.667. The zero-order chi connectivity index (χ0) is 15.5. The molecule has 0 aromatic carbocycles. The molecular weight excluding hydrogens is 279 g/mol. The number of pyridine rings is 1. The van der Waals surface area contributed by atoms with E-state index in [4.69, 9.17) is 0 Å². The third kappa shape index (κ3) is 5.10. The summed E-state index contributed by atoms with van der Waals surface area (Å²) in [6.45, 7) is 4.54. The van der Waals surface area contributed by atoms with Gasteiger partial charge in [0.1, 0.15) is 11.6 Å². The Hall–Kier alpha value is -1.46. The Kier molecular flexibility index (Phi) is 4.96. The van der Waals surface area contributed by atoms with Gasteiger partial charge in [0, 0.05) is 12.6 Å². The van der Waals surface area contributed by atoms with E-state index in [1.54, 1.807) is 0 Å². The van der Waals surface area contributed by atoms with E-state index in [0.29, 0.717) is 6.54 Å². The van der Waals surface area contributed by atoms with Crippen LogP contribution < -0.4 is 10.6 Å². The van der Waals surface area contributed by atoms with Gasteiger partial charge in [0.15, 0.2) is 0 Å². The topological polar surface area (TPSA) is 37.0 Å². The highest BCUT2D eigenvalue weighted by Gasteiger charge is 2.32. The number of hydrogen-bond donors (Lipinski definition) is 2. The van der Waals surface area contributed by atoms with Crippen molar-refractivity contribution in [2.45, 2.75) is 51.7 Å². The number of alkyl halides is 3. The number of rotatable bonds is 7. The maximum absolute atomic E-state index is 12.9. The van der Waals surface area contributed by atoms with Crippen molar-refractivity contribution in [2.24, 2.45) is 5.92 Å². The van der Waals surface area contributed by atoms with E-state index in [0.717, 1.165) is 30.9 Å². The largest absolute Gasteiger partial charge is 0.416 e. The molecule has 0 spiro atoms. The van der Waals surface area contributed by atoms with Gasteiger partial charge in [-0.1, -0.05) is 19.8 Å². The van der Waals surface area contributed by atoms with Gasteiger partial charge >= 0.3 is 6.18 Å². The highest BCUT2D eigenvalue weighted by molar-refractivity contribution is 5.50. The number of aromatic nitrogens is 1. The van der Waals surface area contributed by atoms with Gasteiger partial charge < -0.3 is 10.6 Å². The van der Waals surface area contributed by atoms with Crippen LogP contribution in [0.3, 0.4) is 0 Å². The SMILES string of the molecule is CCCNc1cc(C(F)(F)F)cc(NC(C)CC2CC2)n1. The molecule has 1 saturated carbocycles. The number of hydrogen-bond acceptors (Lipinski definition) is 3. The van der Waals surface area contributed by atoms with E-state index in [1.165, 1.54) is 12.8 Å². The van der Waals surface area contributed by atoms with Crippen molar-refractivity contribution >= 4 is 11.6 Å². The molecule has 1 atom stereocenters. The van der Waals surface area contributed by atoms with Crippen LogP contribution in [-0.4, -0.2) is 17.6 Å². The summed E-state index contributed by atoms with van der Waals surface area (Å²) >= 11 is 0. The Balaban J connectivity index is 2.13. The molecule has 1 aliphatic carbocycles. The first-order valence-corrected chi connectivity index (χ1v) is 7.48. The summed E-state index contributed by atoms with van der Waals surface area (Å²) in [5, 5.41) is 6.01. The summed E-state index contributed by atoms with van der Waals surface area (Å²) in [6.07, 6.45) is -0.0904. The van der Waals surface area contributed by atoms with Gasteiger partial charge in [-0.25, -0.2) is 4.98 Å². The lowest BCUT2D eigenvalue weighted by molar-refractivity contribution is -0.137. The average molecular weight is 301 g/mol. The van der Waals surface area contributed by atoms with Gasteiger partial charge in [-0.05, 0) is 37.8 Å². The Morgan fingerprint density at radius 3 is 2.52 bits per heavy atom. The summed E-state index contributed by atoms with van der Waals surface area (Å²) in [6, 6.07) is 2.28. The van der Waals surface area contributed by atoms with Crippen molar-refractivity contribution in [2.75, 3.05) is 17.2 Å². The molecule has 2 N–H and O–H groups in total. The highest BCUT2D eigenvalue weighted by atomic mass is 19.4. The third-order valence-corrected chi connectivity index (χ3v) is 3.49. The molecule has 0 saturated heterocycles. The van der Waals surface area contributed by atoms with E-state index in [2.05, 4.69) is 15.6 Å². The van der Waals surface area contributed by atoms with Crippen molar-refractivity contribution in [3.8, 4) is 0 Å². The lowest BCUT2D eigenvalue weighted by atomic mass is 10.1. The van der Waals surface area contributed by atoms with Crippen molar-refractivity contribution < 1.29 is 13.2 Å². The molecule has 0 radical (unpaired) electrons.